The molecule has 1 amide bonds. The van der Waals surface area contributed by atoms with E-state index in [4.69, 9.17) is 15.7 Å². The summed E-state index contributed by atoms with van der Waals surface area (Å²) in [4.78, 5) is 14.5. The van der Waals surface area contributed by atoms with Gasteiger partial charge in [0.05, 0.1) is 12.2 Å². The van der Waals surface area contributed by atoms with Gasteiger partial charge in [0.25, 0.3) is 5.91 Å². The summed E-state index contributed by atoms with van der Waals surface area (Å²) in [6.45, 7) is 2.84. The fourth-order valence-corrected chi connectivity index (χ4v) is 2.20. The van der Waals surface area contributed by atoms with Crippen molar-refractivity contribution in [3.05, 3.63) is 29.8 Å². The van der Waals surface area contributed by atoms with Gasteiger partial charge in [0.1, 0.15) is 11.6 Å². The highest BCUT2D eigenvalue weighted by molar-refractivity contribution is 5.97. The number of nitrogens with two attached hydrogens (primary N) is 1. The molecule has 0 bridgehead atoms. The van der Waals surface area contributed by atoms with E-state index in [1.54, 1.807) is 17.0 Å². The lowest BCUT2D eigenvalue weighted by Crippen LogP contribution is -2.36. The largest absolute Gasteiger partial charge is 0.493 e. The molecule has 2 rings (SSSR count). The van der Waals surface area contributed by atoms with Crippen LogP contribution in [0.5, 0.6) is 5.75 Å². The van der Waals surface area contributed by atoms with Crippen LogP contribution in [0.15, 0.2) is 29.4 Å². The third kappa shape index (κ3) is 3.87. The second kappa shape index (κ2) is 6.97. The van der Waals surface area contributed by atoms with Gasteiger partial charge in [-0.1, -0.05) is 17.3 Å². The fourth-order valence-electron chi connectivity index (χ4n) is 2.20. The molecule has 1 fully saturated rings. The molecule has 0 heterocycles. The molecule has 1 aliphatic carbocycles. The maximum absolute atomic E-state index is 12.7. The van der Waals surface area contributed by atoms with Gasteiger partial charge in [-0.2, -0.15) is 0 Å². The van der Waals surface area contributed by atoms with E-state index in [1.165, 1.54) is 0 Å². The highest BCUT2D eigenvalue weighted by Crippen LogP contribution is 2.30. The average Bonchev–Trinajstić information content (AvgIpc) is 3.32. The number of nitrogens with zero attached hydrogens (tertiary/aromatic N) is 2. The van der Waals surface area contributed by atoms with E-state index in [0.29, 0.717) is 30.9 Å². The normalized spacial score (nSPS) is 14.8. The molecule has 21 heavy (non-hydrogen) atoms. The summed E-state index contributed by atoms with van der Waals surface area (Å²) >= 11 is 0. The molecule has 6 nitrogen and oxygen atoms in total. The van der Waals surface area contributed by atoms with E-state index in [9.17, 15) is 4.79 Å². The van der Waals surface area contributed by atoms with Crippen LogP contribution < -0.4 is 10.5 Å². The van der Waals surface area contributed by atoms with Gasteiger partial charge in [0.15, 0.2) is 0 Å². The third-order valence-electron chi connectivity index (χ3n) is 3.40. The lowest BCUT2D eigenvalue weighted by Gasteiger charge is -2.23. The summed E-state index contributed by atoms with van der Waals surface area (Å²) in [5, 5.41) is 11.6. The molecule has 0 unspecified atom stereocenters. The number of oxime groups is 1. The van der Waals surface area contributed by atoms with Crippen molar-refractivity contribution in [2.75, 3.05) is 13.2 Å². The molecule has 0 atom stereocenters. The molecule has 1 aromatic carbocycles. The number of carbonyl (C=O) groups is 1. The summed E-state index contributed by atoms with van der Waals surface area (Å²) in [7, 11) is 0. The first-order valence-corrected chi connectivity index (χ1v) is 7.16. The van der Waals surface area contributed by atoms with E-state index in [0.717, 1.165) is 12.8 Å². The van der Waals surface area contributed by atoms with Gasteiger partial charge in [0.2, 0.25) is 0 Å². The predicted octanol–water partition coefficient (Wildman–Crippen LogP) is 1.83. The third-order valence-corrected chi connectivity index (χ3v) is 3.40. The van der Waals surface area contributed by atoms with Crippen molar-refractivity contribution in [3.63, 3.8) is 0 Å². The number of carbonyl (C=O) groups excluding carboxylic acids is 1. The van der Waals surface area contributed by atoms with Gasteiger partial charge in [-0.3, -0.25) is 4.79 Å². The molecular weight excluding hydrogens is 270 g/mol. The molecule has 0 spiro atoms. The topological polar surface area (TPSA) is 88.2 Å². The maximum atomic E-state index is 12.7. The zero-order valence-electron chi connectivity index (χ0n) is 12.2. The molecule has 1 saturated carbocycles. The maximum Gasteiger partial charge on any atom is 0.257 e. The number of hydrogen-bond acceptors (Lipinski definition) is 4. The number of amidine groups is 1. The quantitative estimate of drug-likeness (QED) is 0.347. The van der Waals surface area contributed by atoms with Crippen molar-refractivity contribution in [3.8, 4) is 5.75 Å². The van der Waals surface area contributed by atoms with Crippen LogP contribution in [0.3, 0.4) is 0 Å². The Hall–Kier alpha value is -2.24. The van der Waals surface area contributed by atoms with Crippen molar-refractivity contribution in [1.82, 2.24) is 4.90 Å². The van der Waals surface area contributed by atoms with E-state index < -0.39 is 0 Å². The zero-order valence-corrected chi connectivity index (χ0v) is 12.2. The van der Waals surface area contributed by atoms with Crippen LogP contribution in [0.4, 0.5) is 0 Å². The van der Waals surface area contributed by atoms with Crippen molar-refractivity contribution in [1.29, 1.82) is 0 Å². The van der Waals surface area contributed by atoms with Crippen molar-refractivity contribution in [2.24, 2.45) is 10.9 Å². The van der Waals surface area contributed by atoms with E-state index >= 15 is 0 Å². The monoisotopic (exact) mass is 291 g/mol. The highest BCUT2D eigenvalue weighted by atomic mass is 16.5. The van der Waals surface area contributed by atoms with Crippen LogP contribution >= 0.6 is 0 Å². The minimum atomic E-state index is -0.0627. The Kier molecular flexibility index (Phi) is 5.03. The second-order valence-corrected chi connectivity index (χ2v) is 5.00. The van der Waals surface area contributed by atoms with E-state index in [2.05, 4.69) is 5.16 Å². The number of para-hydroxylation sites is 1. The Labute approximate surface area is 124 Å². The van der Waals surface area contributed by atoms with Crippen LogP contribution in [-0.4, -0.2) is 41.0 Å². The fraction of sp³-hybridized carbons (Fsp3) is 0.467. The molecule has 6 heteroatoms. The average molecular weight is 291 g/mol. The number of rotatable bonds is 7. The van der Waals surface area contributed by atoms with E-state index in [1.807, 2.05) is 19.1 Å². The van der Waals surface area contributed by atoms with Gasteiger partial charge in [-0.15, -0.1) is 0 Å². The van der Waals surface area contributed by atoms with Gasteiger partial charge in [0, 0.05) is 19.0 Å². The summed E-state index contributed by atoms with van der Waals surface area (Å²) in [5.74, 6) is 0.665. The Balaban J connectivity index is 2.15. The van der Waals surface area contributed by atoms with Gasteiger partial charge in [-0.25, -0.2) is 0 Å². The molecule has 1 aliphatic rings. The lowest BCUT2D eigenvalue weighted by atomic mass is 10.1. The van der Waals surface area contributed by atoms with Crippen molar-refractivity contribution in [2.45, 2.75) is 32.2 Å². The van der Waals surface area contributed by atoms with Crippen LogP contribution in [0, 0.1) is 0 Å². The first kappa shape index (κ1) is 15.2. The summed E-state index contributed by atoms with van der Waals surface area (Å²) < 4.78 is 5.52. The number of benzene rings is 1. The Morgan fingerprint density at radius 2 is 2.19 bits per heavy atom. The van der Waals surface area contributed by atoms with Crippen LogP contribution in [0.25, 0.3) is 0 Å². The summed E-state index contributed by atoms with van der Waals surface area (Å²) in [5.41, 5.74) is 6.06. The summed E-state index contributed by atoms with van der Waals surface area (Å²) in [6, 6.07) is 7.49. The zero-order chi connectivity index (χ0) is 15.2. The molecule has 0 aromatic heterocycles. The molecule has 0 radical (unpaired) electrons. The number of hydrogen-bond donors (Lipinski definition) is 2. The van der Waals surface area contributed by atoms with Gasteiger partial charge >= 0.3 is 0 Å². The van der Waals surface area contributed by atoms with Gasteiger partial charge in [-0.05, 0) is 31.9 Å². The van der Waals surface area contributed by atoms with Crippen molar-refractivity contribution >= 4 is 11.7 Å². The number of amides is 1. The second-order valence-electron chi connectivity index (χ2n) is 5.00. The van der Waals surface area contributed by atoms with E-state index in [-0.39, 0.29) is 17.8 Å². The molecule has 0 aliphatic heterocycles. The first-order valence-electron chi connectivity index (χ1n) is 7.16. The van der Waals surface area contributed by atoms with Crippen molar-refractivity contribution < 1.29 is 14.7 Å². The minimum absolute atomic E-state index is 0.0627. The Morgan fingerprint density at radius 1 is 1.48 bits per heavy atom. The smallest absolute Gasteiger partial charge is 0.257 e. The lowest BCUT2D eigenvalue weighted by molar-refractivity contribution is 0.0743. The molecule has 1 aromatic rings. The molecule has 114 valence electrons. The number of ether oxygens (including phenoxy) is 1. The van der Waals surface area contributed by atoms with Crippen LogP contribution in [-0.2, 0) is 0 Å². The minimum Gasteiger partial charge on any atom is -0.493 e. The SMILES string of the molecule is CCOc1ccccc1C(=O)N(CCC(N)=NO)C1CC1. The molecular formula is C15H21N3O3. The highest BCUT2D eigenvalue weighted by Gasteiger charge is 2.33. The standard InChI is InChI=1S/C15H21N3O3/c1-2-21-13-6-4-3-5-12(13)15(19)18(11-7-8-11)10-9-14(16)17-20/h3-6,11,20H,2,7-10H2,1H3,(H2,16,17). The van der Waals surface area contributed by atoms with Gasteiger partial charge < -0.3 is 20.6 Å². The molecule has 3 N–H and O–H groups in total. The predicted molar refractivity (Wildman–Crippen MR) is 79.7 cm³/mol. The summed E-state index contributed by atoms with van der Waals surface area (Å²) in [6.07, 6.45) is 2.35. The van der Waals surface area contributed by atoms with Crippen LogP contribution in [0.1, 0.15) is 36.5 Å². The Bertz CT molecular complexity index is 527. The van der Waals surface area contributed by atoms with Crippen LogP contribution in [0.2, 0.25) is 0 Å². The first-order chi connectivity index (χ1) is 10.2. The molecule has 0 saturated heterocycles. The Morgan fingerprint density at radius 3 is 2.81 bits per heavy atom.